The maximum atomic E-state index is 11.8. The van der Waals surface area contributed by atoms with E-state index in [0.29, 0.717) is 12.8 Å². The van der Waals surface area contributed by atoms with E-state index < -0.39 is 16.1 Å². The Morgan fingerprint density at radius 3 is 2.32 bits per heavy atom. The minimum absolute atomic E-state index is 0. The monoisotopic (exact) mass is 343 g/mol. The molecule has 9 heteroatoms. The zero-order valence-corrected chi connectivity index (χ0v) is 15.9. The maximum absolute atomic E-state index is 11.8. The Bertz CT molecular complexity index is 561. The van der Waals surface area contributed by atoms with Crippen molar-refractivity contribution in [2.75, 3.05) is 5.75 Å². The van der Waals surface area contributed by atoms with E-state index in [9.17, 15) is 18.0 Å². The van der Waals surface area contributed by atoms with Crippen LogP contribution in [0.4, 0.5) is 0 Å². The number of amides is 1. The zero-order chi connectivity index (χ0) is 16.3. The van der Waals surface area contributed by atoms with Gasteiger partial charge in [0, 0.05) is 5.92 Å². The van der Waals surface area contributed by atoms with Gasteiger partial charge in [-0.15, -0.1) is 0 Å². The number of rotatable bonds is 8. The third kappa shape index (κ3) is 7.73. The number of hydrogen-bond acceptors (Lipinski definition) is 4. The molecule has 1 saturated carbocycles. The fourth-order valence-electron chi connectivity index (χ4n) is 2.00. The van der Waals surface area contributed by atoms with Gasteiger partial charge >= 0.3 is 35.5 Å². The van der Waals surface area contributed by atoms with Gasteiger partial charge in [-0.1, -0.05) is 19.9 Å². The van der Waals surface area contributed by atoms with Crippen LogP contribution < -0.4 is 34.9 Å². The number of carbonyl (C=O) groups is 2. The molecule has 0 aromatic heterocycles. The van der Waals surface area contributed by atoms with Gasteiger partial charge in [-0.05, 0) is 31.1 Å². The fraction of sp³-hybridized carbons (Fsp3) is 0.692. The topological polar surface area (TPSA) is 121 Å². The molecule has 1 fully saturated rings. The molecule has 0 bridgehead atoms. The standard InChI is InChI=1S/C13H21NO6S.Na.H/c1-13(2)8-9(13)11(15)14-10(12(16)17)6-4-3-5-7-21(18,19)20;;/h6,9H,3-5,7-8H2,1-2H3,(H,14,15)(H,16,17)(H,18,19,20);;/q;+1;-1. The second-order valence-corrected chi connectivity index (χ2v) is 7.51. The summed E-state index contributed by atoms with van der Waals surface area (Å²) in [6.45, 7) is 3.88. The molecular formula is C13H22NNaO6S. The molecule has 1 aliphatic rings. The van der Waals surface area contributed by atoms with Gasteiger partial charge < -0.3 is 11.8 Å². The molecule has 0 heterocycles. The Hall–Kier alpha value is -0.410. The van der Waals surface area contributed by atoms with Gasteiger partial charge in [0.25, 0.3) is 10.1 Å². The van der Waals surface area contributed by atoms with Crippen molar-refractivity contribution in [3.63, 3.8) is 0 Å². The Morgan fingerprint density at radius 2 is 1.91 bits per heavy atom. The van der Waals surface area contributed by atoms with E-state index in [4.69, 9.17) is 9.66 Å². The summed E-state index contributed by atoms with van der Waals surface area (Å²) in [7, 11) is -3.98. The summed E-state index contributed by atoms with van der Waals surface area (Å²) in [4.78, 5) is 22.9. The SMILES string of the molecule is CC1(C)CC1C(=O)NC(=CCCCCS(=O)(=O)O)C(=O)O.[H-].[Na+]. The predicted octanol–water partition coefficient (Wildman–Crippen LogP) is -1.71. The summed E-state index contributed by atoms with van der Waals surface area (Å²) in [5, 5.41) is 11.4. The van der Waals surface area contributed by atoms with Crippen LogP contribution in [0.5, 0.6) is 0 Å². The molecule has 0 aromatic rings. The van der Waals surface area contributed by atoms with E-state index in [-0.39, 0.29) is 66.1 Å². The van der Waals surface area contributed by atoms with Crippen LogP contribution in [-0.2, 0) is 19.7 Å². The van der Waals surface area contributed by atoms with Crippen molar-refractivity contribution in [3.05, 3.63) is 11.8 Å². The fourth-order valence-corrected chi connectivity index (χ4v) is 2.57. The molecule has 1 atom stereocenters. The van der Waals surface area contributed by atoms with Gasteiger partial charge in [0.05, 0.1) is 5.75 Å². The molecule has 7 nitrogen and oxygen atoms in total. The number of carbonyl (C=O) groups excluding carboxylic acids is 1. The molecule has 3 N–H and O–H groups in total. The number of unbranched alkanes of at least 4 members (excludes halogenated alkanes) is 2. The first-order valence-corrected chi connectivity index (χ1v) is 8.33. The molecule has 1 amide bonds. The maximum Gasteiger partial charge on any atom is 1.00 e. The number of allylic oxidation sites excluding steroid dienone is 1. The molecule has 0 spiro atoms. The molecular weight excluding hydrogens is 321 g/mol. The number of nitrogens with one attached hydrogen (secondary N) is 1. The van der Waals surface area contributed by atoms with Crippen LogP contribution in [0.15, 0.2) is 11.8 Å². The quantitative estimate of drug-likeness (QED) is 0.209. The molecule has 122 valence electrons. The second kappa shape index (κ2) is 8.44. The van der Waals surface area contributed by atoms with Crippen LogP contribution in [0.2, 0.25) is 0 Å². The number of carboxylic acids is 1. The Balaban J connectivity index is 0. The normalized spacial score (nSPS) is 20.0. The van der Waals surface area contributed by atoms with Crippen molar-refractivity contribution >= 4 is 22.0 Å². The Kier molecular flexibility index (Phi) is 8.29. The minimum Gasteiger partial charge on any atom is -1.00 e. The van der Waals surface area contributed by atoms with Crippen molar-refractivity contribution in [1.29, 1.82) is 0 Å². The Morgan fingerprint density at radius 1 is 1.36 bits per heavy atom. The first kappa shape index (κ1) is 21.6. The molecule has 0 aromatic carbocycles. The third-order valence-electron chi connectivity index (χ3n) is 3.52. The van der Waals surface area contributed by atoms with Crippen LogP contribution in [0, 0.1) is 11.3 Å². The van der Waals surface area contributed by atoms with E-state index in [1.54, 1.807) is 0 Å². The smallest absolute Gasteiger partial charge is 1.00 e. The summed E-state index contributed by atoms with van der Waals surface area (Å²) < 4.78 is 29.6. The van der Waals surface area contributed by atoms with Gasteiger partial charge in [-0.3, -0.25) is 9.35 Å². The predicted molar refractivity (Wildman–Crippen MR) is 77.1 cm³/mol. The first-order valence-electron chi connectivity index (χ1n) is 6.72. The molecule has 1 unspecified atom stereocenters. The molecule has 22 heavy (non-hydrogen) atoms. The molecule has 1 rings (SSSR count). The van der Waals surface area contributed by atoms with Crippen molar-refractivity contribution in [2.24, 2.45) is 11.3 Å². The minimum atomic E-state index is -3.98. The first-order chi connectivity index (χ1) is 9.53. The number of aliphatic carboxylic acids is 1. The van der Waals surface area contributed by atoms with Gasteiger partial charge in [0.1, 0.15) is 5.70 Å². The van der Waals surface area contributed by atoms with E-state index in [1.807, 2.05) is 13.8 Å². The Labute approximate surface area is 154 Å². The van der Waals surface area contributed by atoms with E-state index in [1.165, 1.54) is 6.08 Å². The van der Waals surface area contributed by atoms with Crippen LogP contribution in [0.1, 0.15) is 41.0 Å². The molecule has 0 saturated heterocycles. The van der Waals surface area contributed by atoms with Gasteiger partial charge in [-0.2, -0.15) is 8.42 Å². The van der Waals surface area contributed by atoms with Gasteiger partial charge in [0.2, 0.25) is 5.91 Å². The van der Waals surface area contributed by atoms with Crippen LogP contribution in [-0.4, -0.2) is 35.7 Å². The zero-order valence-electron chi connectivity index (χ0n) is 14.1. The van der Waals surface area contributed by atoms with Crippen molar-refractivity contribution in [1.82, 2.24) is 5.32 Å². The van der Waals surface area contributed by atoms with Gasteiger partial charge in [0.15, 0.2) is 0 Å². The van der Waals surface area contributed by atoms with Gasteiger partial charge in [-0.25, -0.2) is 4.79 Å². The summed E-state index contributed by atoms with van der Waals surface area (Å²) in [5.41, 5.74) is -0.266. The summed E-state index contributed by atoms with van der Waals surface area (Å²) in [6.07, 6.45) is 3.04. The summed E-state index contributed by atoms with van der Waals surface area (Å²) in [6, 6.07) is 0. The largest absolute Gasteiger partial charge is 1.00 e. The van der Waals surface area contributed by atoms with Crippen molar-refractivity contribution < 1.29 is 58.7 Å². The summed E-state index contributed by atoms with van der Waals surface area (Å²) >= 11 is 0. The van der Waals surface area contributed by atoms with E-state index >= 15 is 0 Å². The molecule has 0 aliphatic heterocycles. The average Bonchev–Trinajstić information content (AvgIpc) is 2.94. The van der Waals surface area contributed by atoms with Crippen molar-refractivity contribution in [2.45, 2.75) is 39.5 Å². The second-order valence-electron chi connectivity index (χ2n) is 5.94. The number of hydrogen-bond donors (Lipinski definition) is 3. The van der Waals surface area contributed by atoms with Crippen LogP contribution >= 0.6 is 0 Å². The average molecular weight is 343 g/mol. The van der Waals surface area contributed by atoms with Crippen molar-refractivity contribution in [3.8, 4) is 0 Å². The number of carboxylic acid groups (broad SMARTS) is 1. The third-order valence-corrected chi connectivity index (χ3v) is 4.33. The molecule has 1 aliphatic carbocycles. The van der Waals surface area contributed by atoms with Crippen LogP contribution in [0.3, 0.4) is 0 Å². The summed E-state index contributed by atoms with van der Waals surface area (Å²) in [5.74, 6) is -2.05. The van der Waals surface area contributed by atoms with E-state index in [0.717, 1.165) is 6.42 Å². The molecule has 0 radical (unpaired) electrons. The van der Waals surface area contributed by atoms with E-state index in [2.05, 4.69) is 5.32 Å². The van der Waals surface area contributed by atoms with Crippen LogP contribution in [0.25, 0.3) is 0 Å².